The van der Waals surface area contributed by atoms with Crippen LogP contribution in [0.2, 0.25) is 0 Å². The topological polar surface area (TPSA) is 36.4 Å². The zero-order valence-electron chi connectivity index (χ0n) is 16.4. The molecule has 0 bridgehead atoms. The Balaban J connectivity index is 1.59. The second-order valence-corrected chi connectivity index (χ2v) is 7.28. The lowest BCUT2D eigenvalue weighted by Crippen LogP contribution is -2.24. The Morgan fingerprint density at radius 2 is 1.82 bits per heavy atom. The number of fused-ring (bicyclic) bond motifs is 1. The van der Waals surface area contributed by atoms with Crippen molar-refractivity contribution in [2.75, 3.05) is 18.5 Å². The van der Waals surface area contributed by atoms with Gasteiger partial charge in [0, 0.05) is 43.1 Å². The van der Waals surface area contributed by atoms with Crippen molar-refractivity contribution in [2.24, 2.45) is 0 Å². The van der Waals surface area contributed by atoms with Gasteiger partial charge in [0.15, 0.2) is 0 Å². The Morgan fingerprint density at radius 1 is 1.00 bits per heavy atom. The third kappa shape index (κ3) is 3.50. The van der Waals surface area contributed by atoms with Gasteiger partial charge in [-0.3, -0.25) is 9.78 Å². The number of pyridine rings is 1. The molecule has 0 unspecified atom stereocenters. The van der Waals surface area contributed by atoms with E-state index in [1.165, 1.54) is 0 Å². The highest BCUT2D eigenvalue weighted by atomic mass is 16.2. The van der Waals surface area contributed by atoms with E-state index in [1.807, 2.05) is 54.7 Å². The molecule has 0 radical (unpaired) electrons. The first-order valence-electron chi connectivity index (χ1n) is 9.84. The summed E-state index contributed by atoms with van der Waals surface area (Å²) >= 11 is 0. The average molecular weight is 371 g/mol. The van der Waals surface area contributed by atoms with E-state index >= 15 is 0 Å². The van der Waals surface area contributed by atoms with Crippen molar-refractivity contribution in [1.29, 1.82) is 0 Å². The van der Waals surface area contributed by atoms with Gasteiger partial charge in [-0.15, -0.1) is 0 Å². The van der Waals surface area contributed by atoms with Crippen LogP contribution in [-0.4, -0.2) is 29.4 Å². The molecule has 4 rings (SSSR count). The quantitative estimate of drug-likeness (QED) is 0.592. The monoisotopic (exact) mass is 371 g/mol. The van der Waals surface area contributed by atoms with Crippen LogP contribution in [0, 0.1) is 0 Å². The van der Waals surface area contributed by atoms with Crippen LogP contribution in [0.15, 0.2) is 67.0 Å². The molecule has 0 atom stereocenters. The molecule has 2 aromatic carbocycles. The fraction of sp³-hybridized carbons (Fsp3) is 0.250. The molecule has 2 heterocycles. The maximum absolute atomic E-state index is 12.6. The van der Waals surface area contributed by atoms with Crippen molar-refractivity contribution in [3.63, 3.8) is 0 Å². The molecule has 4 nitrogen and oxygen atoms in total. The SMILES string of the molecule is CCCCN1Cc2cc(N(C)c3cncc(-c4ccccc4)c3)ccc2C1=O. The number of unbranched alkanes of at least 4 members (excludes halogenated alkanes) is 1. The molecule has 4 heteroatoms. The number of benzene rings is 2. The van der Waals surface area contributed by atoms with Crippen LogP contribution in [0.1, 0.15) is 35.7 Å². The first-order valence-corrected chi connectivity index (χ1v) is 9.84. The van der Waals surface area contributed by atoms with E-state index in [9.17, 15) is 4.79 Å². The predicted molar refractivity (Wildman–Crippen MR) is 114 cm³/mol. The van der Waals surface area contributed by atoms with Crippen LogP contribution >= 0.6 is 0 Å². The van der Waals surface area contributed by atoms with Crippen LogP contribution in [0.5, 0.6) is 0 Å². The molecule has 1 amide bonds. The predicted octanol–water partition coefficient (Wildman–Crippen LogP) is 5.27. The third-order valence-corrected chi connectivity index (χ3v) is 5.35. The number of carbonyl (C=O) groups is 1. The van der Waals surface area contributed by atoms with Gasteiger partial charge in [0.1, 0.15) is 0 Å². The molecule has 1 aliphatic rings. The first-order chi connectivity index (χ1) is 13.7. The number of rotatable bonds is 6. The Kier molecular flexibility index (Phi) is 5.11. The Labute approximate surface area is 166 Å². The number of anilines is 2. The van der Waals surface area contributed by atoms with Crippen molar-refractivity contribution in [2.45, 2.75) is 26.3 Å². The first kappa shape index (κ1) is 18.2. The molecular weight excluding hydrogens is 346 g/mol. The summed E-state index contributed by atoms with van der Waals surface area (Å²) in [6.45, 7) is 3.69. The Morgan fingerprint density at radius 3 is 2.61 bits per heavy atom. The minimum Gasteiger partial charge on any atom is -0.343 e. The number of hydrogen-bond donors (Lipinski definition) is 0. The summed E-state index contributed by atoms with van der Waals surface area (Å²) in [5.74, 6) is 0.158. The molecule has 28 heavy (non-hydrogen) atoms. The highest BCUT2D eigenvalue weighted by Crippen LogP contribution is 2.31. The van der Waals surface area contributed by atoms with Gasteiger partial charge >= 0.3 is 0 Å². The highest BCUT2D eigenvalue weighted by molar-refractivity contribution is 5.99. The summed E-state index contributed by atoms with van der Waals surface area (Å²) < 4.78 is 0. The minimum atomic E-state index is 0.158. The van der Waals surface area contributed by atoms with Crippen molar-refractivity contribution < 1.29 is 4.79 Å². The number of aromatic nitrogens is 1. The second kappa shape index (κ2) is 7.85. The number of hydrogen-bond acceptors (Lipinski definition) is 3. The van der Waals surface area contributed by atoms with Gasteiger partial charge < -0.3 is 9.80 Å². The van der Waals surface area contributed by atoms with Gasteiger partial charge in [-0.05, 0) is 41.8 Å². The standard InChI is InChI=1S/C24H25N3O/c1-3-4-12-27-17-20-14-21(10-11-23(20)24(27)28)26(2)22-13-19(15-25-16-22)18-8-6-5-7-9-18/h5-11,13-16H,3-4,12,17H2,1-2H3. The maximum atomic E-state index is 12.6. The summed E-state index contributed by atoms with van der Waals surface area (Å²) in [6, 6.07) is 18.5. The van der Waals surface area contributed by atoms with Gasteiger partial charge in [0.05, 0.1) is 11.9 Å². The lowest BCUT2D eigenvalue weighted by molar-refractivity contribution is 0.0776. The molecule has 0 spiro atoms. The molecular formula is C24H25N3O. The van der Waals surface area contributed by atoms with E-state index in [4.69, 9.17) is 0 Å². The van der Waals surface area contributed by atoms with Crippen molar-refractivity contribution in [3.8, 4) is 11.1 Å². The van der Waals surface area contributed by atoms with Gasteiger partial charge in [-0.2, -0.15) is 0 Å². The van der Waals surface area contributed by atoms with Gasteiger partial charge in [0.25, 0.3) is 5.91 Å². The maximum Gasteiger partial charge on any atom is 0.254 e. The van der Waals surface area contributed by atoms with E-state index in [0.29, 0.717) is 6.54 Å². The van der Waals surface area contributed by atoms with E-state index in [2.05, 4.69) is 41.1 Å². The van der Waals surface area contributed by atoms with Crippen molar-refractivity contribution in [1.82, 2.24) is 9.88 Å². The minimum absolute atomic E-state index is 0.158. The molecule has 0 N–H and O–H groups in total. The Bertz CT molecular complexity index is 984. The van der Waals surface area contributed by atoms with E-state index in [0.717, 1.165) is 53.0 Å². The largest absolute Gasteiger partial charge is 0.343 e. The van der Waals surface area contributed by atoms with Crippen LogP contribution in [0.25, 0.3) is 11.1 Å². The zero-order valence-corrected chi connectivity index (χ0v) is 16.4. The average Bonchev–Trinajstić information content (AvgIpc) is 3.07. The summed E-state index contributed by atoms with van der Waals surface area (Å²) in [5, 5.41) is 0. The summed E-state index contributed by atoms with van der Waals surface area (Å²) in [6.07, 6.45) is 5.90. The molecule has 3 aromatic rings. The molecule has 142 valence electrons. The third-order valence-electron chi connectivity index (χ3n) is 5.35. The molecule has 0 fully saturated rings. The smallest absolute Gasteiger partial charge is 0.254 e. The molecule has 0 aliphatic carbocycles. The summed E-state index contributed by atoms with van der Waals surface area (Å²) in [5.41, 5.74) is 6.27. The van der Waals surface area contributed by atoms with Crippen LogP contribution in [0.3, 0.4) is 0 Å². The van der Waals surface area contributed by atoms with Gasteiger partial charge in [0.2, 0.25) is 0 Å². The van der Waals surface area contributed by atoms with Gasteiger partial charge in [-0.1, -0.05) is 43.7 Å². The normalized spacial score (nSPS) is 12.9. The van der Waals surface area contributed by atoms with Crippen molar-refractivity contribution in [3.05, 3.63) is 78.1 Å². The number of carbonyl (C=O) groups excluding carboxylic acids is 1. The van der Waals surface area contributed by atoms with Gasteiger partial charge in [-0.25, -0.2) is 0 Å². The van der Waals surface area contributed by atoms with Crippen LogP contribution < -0.4 is 4.90 Å². The second-order valence-electron chi connectivity index (χ2n) is 7.28. The zero-order chi connectivity index (χ0) is 19.5. The number of amides is 1. The fourth-order valence-electron chi connectivity index (χ4n) is 3.65. The lowest BCUT2D eigenvalue weighted by atomic mass is 10.1. The molecule has 1 aliphatic heterocycles. The fourth-order valence-corrected chi connectivity index (χ4v) is 3.65. The van der Waals surface area contributed by atoms with Crippen molar-refractivity contribution >= 4 is 17.3 Å². The molecule has 1 aromatic heterocycles. The van der Waals surface area contributed by atoms with E-state index in [-0.39, 0.29) is 5.91 Å². The number of nitrogens with zero attached hydrogens (tertiary/aromatic N) is 3. The van der Waals surface area contributed by atoms with Crippen LogP contribution in [0.4, 0.5) is 11.4 Å². The highest BCUT2D eigenvalue weighted by Gasteiger charge is 2.27. The molecule has 0 saturated heterocycles. The van der Waals surface area contributed by atoms with Crippen LogP contribution in [-0.2, 0) is 6.54 Å². The van der Waals surface area contributed by atoms with E-state index < -0.39 is 0 Å². The summed E-state index contributed by atoms with van der Waals surface area (Å²) in [7, 11) is 2.04. The van der Waals surface area contributed by atoms with E-state index in [1.54, 1.807) is 0 Å². The molecule has 0 saturated carbocycles. The Hall–Kier alpha value is -3.14. The summed E-state index contributed by atoms with van der Waals surface area (Å²) in [4.78, 5) is 21.1. The lowest BCUT2D eigenvalue weighted by Gasteiger charge is -2.20.